The zero-order chi connectivity index (χ0) is 13.8. The fourth-order valence-electron chi connectivity index (χ4n) is 3.00. The number of carbonyl (C=O) groups is 1. The summed E-state index contributed by atoms with van der Waals surface area (Å²) >= 11 is 1.86. The lowest BCUT2D eigenvalue weighted by Gasteiger charge is -2.33. The van der Waals surface area contributed by atoms with Crippen molar-refractivity contribution in [2.75, 3.05) is 45.9 Å². The van der Waals surface area contributed by atoms with Crippen LogP contribution >= 0.6 is 11.3 Å². The lowest BCUT2D eigenvalue weighted by molar-refractivity contribution is -0.136. The van der Waals surface area contributed by atoms with E-state index < -0.39 is 0 Å². The van der Waals surface area contributed by atoms with Crippen molar-refractivity contribution < 1.29 is 9.53 Å². The molecule has 0 aliphatic carbocycles. The molecule has 0 bridgehead atoms. The highest BCUT2D eigenvalue weighted by atomic mass is 32.1. The van der Waals surface area contributed by atoms with Crippen molar-refractivity contribution in [2.24, 2.45) is 0 Å². The summed E-state index contributed by atoms with van der Waals surface area (Å²) in [4.78, 5) is 18.0. The summed E-state index contributed by atoms with van der Waals surface area (Å²) in [6.45, 7) is 5.54. The van der Waals surface area contributed by atoms with Crippen LogP contribution in [0.15, 0.2) is 17.5 Å². The van der Waals surface area contributed by atoms with Crippen molar-refractivity contribution in [1.82, 2.24) is 9.80 Å². The van der Waals surface area contributed by atoms with Gasteiger partial charge in [-0.1, -0.05) is 6.07 Å². The third-order valence-electron chi connectivity index (χ3n) is 4.26. The van der Waals surface area contributed by atoms with Gasteiger partial charge in [0.25, 0.3) is 0 Å². The SMILES string of the molecule is O=C(CN1CCC(c2cccs2)CC1)N1CCOCC1. The second-order valence-electron chi connectivity index (χ2n) is 5.56. The summed E-state index contributed by atoms with van der Waals surface area (Å²) in [7, 11) is 0. The molecule has 0 N–H and O–H groups in total. The molecule has 0 radical (unpaired) electrons. The van der Waals surface area contributed by atoms with Crippen molar-refractivity contribution in [1.29, 1.82) is 0 Å². The Bertz CT molecular complexity index is 421. The van der Waals surface area contributed by atoms with Gasteiger partial charge in [0.15, 0.2) is 0 Å². The van der Waals surface area contributed by atoms with E-state index in [1.165, 1.54) is 17.7 Å². The van der Waals surface area contributed by atoms with E-state index in [1.54, 1.807) is 0 Å². The third kappa shape index (κ3) is 3.40. The second kappa shape index (κ2) is 6.70. The van der Waals surface area contributed by atoms with Crippen LogP contribution in [0.3, 0.4) is 0 Å². The van der Waals surface area contributed by atoms with E-state index >= 15 is 0 Å². The van der Waals surface area contributed by atoms with Gasteiger partial charge in [0, 0.05) is 18.0 Å². The molecular weight excluding hydrogens is 272 g/mol. The Morgan fingerprint density at radius 1 is 1.25 bits per heavy atom. The predicted octanol–water partition coefficient (Wildman–Crippen LogP) is 1.79. The Balaban J connectivity index is 1.45. The van der Waals surface area contributed by atoms with E-state index in [0.717, 1.165) is 26.2 Å². The van der Waals surface area contributed by atoms with Crippen molar-refractivity contribution in [3.05, 3.63) is 22.4 Å². The fraction of sp³-hybridized carbons (Fsp3) is 0.667. The molecule has 3 heterocycles. The predicted molar refractivity (Wildman–Crippen MR) is 80.1 cm³/mol. The van der Waals surface area contributed by atoms with Crippen LogP contribution in [-0.4, -0.2) is 61.6 Å². The second-order valence-corrected chi connectivity index (χ2v) is 6.54. The van der Waals surface area contributed by atoms with Crippen LogP contribution in [0.1, 0.15) is 23.6 Å². The van der Waals surface area contributed by atoms with E-state index in [1.807, 2.05) is 16.2 Å². The molecule has 2 aliphatic heterocycles. The van der Waals surface area contributed by atoms with Crippen LogP contribution in [0.5, 0.6) is 0 Å². The molecule has 2 fully saturated rings. The van der Waals surface area contributed by atoms with Gasteiger partial charge in [0.05, 0.1) is 19.8 Å². The molecule has 0 spiro atoms. The van der Waals surface area contributed by atoms with E-state index in [4.69, 9.17) is 4.74 Å². The van der Waals surface area contributed by atoms with E-state index in [0.29, 0.717) is 25.7 Å². The molecule has 1 aromatic heterocycles. The standard InChI is InChI=1S/C15H22N2O2S/c18-15(17-7-9-19-10-8-17)12-16-5-3-13(4-6-16)14-2-1-11-20-14/h1-2,11,13H,3-10,12H2. The summed E-state index contributed by atoms with van der Waals surface area (Å²) < 4.78 is 5.29. The molecule has 20 heavy (non-hydrogen) atoms. The molecule has 2 saturated heterocycles. The molecular formula is C15H22N2O2S. The van der Waals surface area contributed by atoms with Gasteiger partial charge in [-0.15, -0.1) is 11.3 Å². The van der Waals surface area contributed by atoms with Gasteiger partial charge in [-0.3, -0.25) is 9.69 Å². The van der Waals surface area contributed by atoms with Crippen LogP contribution in [-0.2, 0) is 9.53 Å². The normalized spacial score (nSPS) is 22.1. The molecule has 0 saturated carbocycles. The van der Waals surface area contributed by atoms with Gasteiger partial charge < -0.3 is 9.64 Å². The van der Waals surface area contributed by atoms with E-state index in [2.05, 4.69) is 22.4 Å². The number of carbonyl (C=O) groups excluding carboxylic acids is 1. The number of amides is 1. The highest BCUT2D eigenvalue weighted by Crippen LogP contribution is 2.30. The van der Waals surface area contributed by atoms with Gasteiger partial charge in [0.2, 0.25) is 5.91 Å². The molecule has 0 aromatic carbocycles. The quantitative estimate of drug-likeness (QED) is 0.852. The summed E-state index contributed by atoms with van der Waals surface area (Å²) in [5, 5.41) is 2.16. The number of piperidine rings is 1. The lowest BCUT2D eigenvalue weighted by atomic mass is 9.95. The molecule has 110 valence electrons. The van der Waals surface area contributed by atoms with E-state index in [-0.39, 0.29) is 5.91 Å². The first kappa shape index (κ1) is 14.0. The number of hydrogen-bond acceptors (Lipinski definition) is 4. The third-order valence-corrected chi connectivity index (χ3v) is 5.29. The summed E-state index contributed by atoms with van der Waals surface area (Å²) in [6, 6.07) is 4.37. The molecule has 4 nitrogen and oxygen atoms in total. The molecule has 0 atom stereocenters. The Labute approximate surface area is 124 Å². The Hall–Kier alpha value is -0.910. The van der Waals surface area contributed by atoms with Crippen molar-refractivity contribution in [3.63, 3.8) is 0 Å². The maximum Gasteiger partial charge on any atom is 0.236 e. The molecule has 2 aliphatic rings. The smallest absolute Gasteiger partial charge is 0.236 e. The number of nitrogens with zero attached hydrogens (tertiary/aromatic N) is 2. The Morgan fingerprint density at radius 3 is 2.65 bits per heavy atom. The number of morpholine rings is 1. The molecule has 3 rings (SSSR count). The number of ether oxygens (including phenoxy) is 1. The van der Waals surface area contributed by atoms with Crippen molar-refractivity contribution >= 4 is 17.2 Å². The Kier molecular flexibility index (Phi) is 4.70. The maximum absolute atomic E-state index is 12.2. The molecule has 1 aromatic rings. The molecule has 5 heteroatoms. The number of hydrogen-bond donors (Lipinski definition) is 0. The van der Waals surface area contributed by atoms with Crippen LogP contribution in [0, 0.1) is 0 Å². The van der Waals surface area contributed by atoms with Gasteiger partial charge >= 0.3 is 0 Å². The van der Waals surface area contributed by atoms with Crippen LogP contribution in [0.4, 0.5) is 0 Å². The van der Waals surface area contributed by atoms with Gasteiger partial charge in [-0.2, -0.15) is 0 Å². The van der Waals surface area contributed by atoms with Crippen LogP contribution in [0.25, 0.3) is 0 Å². The highest BCUT2D eigenvalue weighted by Gasteiger charge is 2.24. The minimum Gasteiger partial charge on any atom is -0.378 e. The Morgan fingerprint density at radius 2 is 2.00 bits per heavy atom. The van der Waals surface area contributed by atoms with Crippen LogP contribution < -0.4 is 0 Å². The average Bonchev–Trinajstić information content (AvgIpc) is 3.03. The summed E-state index contributed by atoms with van der Waals surface area (Å²) in [5.41, 5.74) is 0. The minimum atomic E-state index is 0.267. The monoisotopic (exact) mass is 294 g/mol. The van der Waals surface area contributed by atoms with Crippen molar-refractivity contribution in [3.8, 4) is 0 Å². The highest BCUT2D eigenvalue weighted by molar-refractivity contribution is 7.10. The molecule has 0 unspecified atom stereocenters. The topological polar surface area (TPSA) is 32.8 Å². The summed E-state index contributed by atoms with van der Waals surface area (Å²) in [6.07, 6.45) is 2.35. The number of thiophene rings is 1. The maximum atomic E-state index is 12.2. The van der Waals surface area contributed by atoms with Gasteiger partial charge in [0.1, 0.15) is 0 Å². The van der Waals surface area contributed by atoms with Crippen LogP contribution in [0.2, 0.25) is 0 Å². The first-order valence-electron chi connectivity index (χ1n) is 7.44. The van der Waals surface area contributed by atoms with Gasteiger partial charge in [-0.05, 0) is 43.3 Å². The van der Waals surface area contributed by atoms with Gasteiger partial charge in [-0.25, -0.2) is 0 Å². The average molecular weight is 294 g/mol. The minimum absolute atomic E-state index is 0.267. The lowest BCUT2D eigenvalue weighted by Crippen LogP contribution is -2.47. The van der Waals surface area contributed by atoms with Crippen molar-refractivity contribution in [2.45, 2.75) is 18.8 Å². The van der Waals surface area contributed by atoms with E-state index in [9.17, 15) is 4.79 Å². The number of rotatable bonds is 3. The first-order valence-corrected chi connectivity index (χ1v) is 8.32. The largest absolute Gasteiger partial charge is 0.378 e. The number of likely N-dealkylation sites (tertiary alicyclic amines) is 1. The zero-order valence-corrected chi connectivity index (χ0v) is 12.6. The molecule has 1 amide bonds. The zero-order valence-electron chi connectivity index (χ0n) is 11.8. The fourth-order valence-corrected chi connectivity index (χ4v) is 3.90. The first-order chi connectivity index (χ1) is 9.83. The summed E-state index contributed by atoms with van der Waals surface area (Å²) in [5.74, 6) is 0.965.